The lowest BCUT2D eigenvalue weighted by Gasteiger charge is -2.22. The minimum absolute atomic E-state index is 0.0137. The summed E-state index contributed by atoms with van der Waals surface area (Å²) >= 11 is 3.49. The molecule has 2 aliphatic heterocycles. The molecule has 1 amide bonds. The highest BCUT2D eigenvalue weighted by Gasteiger charge is 2.29. The van der Waals surface area contributed by atoms with Crippen LogP contribution in [0.3, 0.4) is 0 Å². The zero-order chi connectivity index (χ0) is 15.0. The third-order valence-electron chi connectivity index (χ3n) is 4.18. The lowest BCUT2D eigenvalue weighted by Crippen LogP contribution is -2.29. The van der Waals surface area contributed by atoms with Gasteiger partial charge in [-0.25, -0.2) is 0 Å². The van der Waals surface area contributed by atoms with E-state index in [4.69, 9.17) is 4.74 Å². The summed E-state index contributed by atoms with van der Waals surface area (Å²) in [5.74, 6) is 0.0307. The number of rotatable bonds is 2. The molecule has 0 N–H and O–H groups in total. The van der Waals surface area contributed by atoms with Crippen LogP contribution in [-0.4, -0.2) is 30.9 Å². The minimum atomic E-state index is -0.347. The molecule has 1 saturated heterocycles. The first-order chi connectivity index (χ1) is 10.1. The number of benzene rings is 1. The van der Waals surface area contributed by atoms with E-state index in [0.29, 0.717) is 18.7 Å². The SMILES string of the molecule is CC(=O)N1CCc2cc(Br)c(C(=O)C3CCCCO3)cc21. The normalized spacial score (nSPS) is 21.2. The number of fused-ring (bicyclic) bond motifs is 1. The molecule has 1 atom stereocenters. The standard InChI is InChI=1S/C16H18BrNO3/c1-10(19)18-6-5-11-8-13(17)12(9-14(11)18)16(20)15-4-2-3-7-21-15/h8-9,15H,2-7H2,1H3. The van der Waals surface area contributed by atoms with E-state index >= 15 is 0 Å². The van der Waals surface area contributed by atoms with Crippen molar-refractivity contribution >= 4 is 33.3 Å². The maximum atomic E-state index is 12.6. The summed E-state index contributed by atoms with van der Waals surface area (Å²) in [6.07, 6.45) is 3.31. The van der Waals surface area contributed by atoms with Crippen molar-refractivity contribution < 1.29 is 14.3 Å². The van der Waals surface area contributed by atoms with Crippen LogP contribution in [0.2, 0.25) is 0 Å². The lowest BCUT2D eigenvalue weighted by atomic mass is 9.98. The van der Waals surface area contributed by atoms with Crippen molar-refractivity contribution in [2.24, 2.45) is 0 Å². The van der Waals surface area contributed by atoms with E-state index < -0.39 is 0 Å². The largest absolute Gasteiger partial charge is 0.370 e. The second kappa shape index (κ2) is 5.89. The molecule has 112 valence electrons. The fourth-order valence-electron chi connectivity index (χ4n) is 3.04. The van der Waals surface area contributed by atoms with Gasteiger partial charge in [0.15, 0.2) is 5.78 Å². The Morgan fingerprint density at radius 2 is 2.14 bits per heavy atom. The average Bonchev–Trinajstić information content (AvgIpc) is 2.89. The topological polar surface area (TPSA) is 46.6 Å². The van der Waals surface area contributed by atoms with Gasteiger partial charge in [-0.2, -0.15) is 0 Å². The minimum Gasteiger partial charge on any atom is -0.370 e. The van der Waals surface area contributed by atoms with Gasteiger partial charge in [-0.3, -0.25) is 9.59 Å². The van der Waals surface area contributed by atoms with Crippen LogP contribution in [0.4, 0.5) is 5.69 Å². The molecule has 1 unspecified atom stereocenters. The fourth-order valence-corrected chi connectivity index (χ4v) is 3.63. The first-order valence-electron chi connectivity index (χ1n) is 7.34. The second-order valence-corrected chi connectivity index (χ2v) is 6.46. The van der Waals surface area contributed by atoms with Gasteiger partial charge in [0, 0.05) is 35.8 Å². The fraction of sp³-hybridized carbons (Fsp3) is 0.500. The van der Waals surface area contributed by atoms with E-state index in [1.54, 1.807) is 11.8 Å². The van der Waals surface area contributed by atoms with Gasteiger partial charge in [-0.05, 0) is 43.4 Å². The number of ether oxygens (including phenoxy) is 1. The van der Waals surface area contributed by atoms with Crippen LogP contribution in [0.25, 0.3) is 0 Å². The number of halogens is 1. The first kappa shape index (κ1) is 14.7. The van der Waals surface area contributed by atoms with Gasteiger partial charge in [0.25, 0.3) is 0 Å². The van der Waals surface area contributed by atoms with E-state index in [1.165, 1.54) is 0 Å². The molecule has 2 heterocycles. The van der Waals surface area contributed by atoms with E-state index in [2.05, 4.69) is 15.9 Å². The second-order valence-electron chi connectivity index (χ2n) is 5.60. The van der Waals surface area contributed by atoms with Crippen LogP contribution in [0.1, 0.15) is 42.1 Å². The van der Waals surface area contributed by atoms with Crippen LogP contribution in [0.5, 0.6) is 0 Å². The van der Waals surface area contributed by atoms with Gasteiger partial charge in [-0.1, -0.05) is 15.9 Å². The number of ketones is 1. The lowest BCUT2D eigenvalue weighted by molar-refractivity contribution is -0.116. The van der Waals surface area contributed by atoms with E-state index in [-0.39, 0.29) is 17.8 Å². The quantitative estimate of drug-likeness (QED) is 0.769. The number of carbonyl (C=O) groups is 2. The Kier molecular flexibility index (Phi) is 4.13. The number of Topliss-reactive ketones (excluding diaryl/α,β-unsaturated/α-hetero) is 1. The van der Waals surface area contributed by atoms with Crippen molar-refractivity contribution in [3.8, 4) is 0 Å². The van der Waals surface area contributed by atoms with Crippen LogP contribution in [0, 0.1) is 0 Å². The third-order valence-corrected chi connectivity index (χ3v) is 4.84. The van der Waals surface area contributed by atoms with Crippen molar-refractivity contribution in [1.29, 1.82) is 0 Å². The highest BCUT2D eigenvalue weighted by Crippen LogP contribution is 2.34. The number of anilines is 1. The van der Waals surface area contributed by atoms with Gasteiger partial charge >= 0.3 is 0 Å². The van der Waals surface area contributed by atoms with Gasteiger partial charge in [0.1, 0.15) is 6.10 Å². The molecule has 0 aliphatic carbocycles. The van der Waals surface area contributed by atoms with Gasteiger partial charge in [-0.15, -0.1) is 0 Å². The van der Waals surface area contributed by atoms with Crippen LogP contribution >= 0.6 is 15.9 Å². The summed E-state index contributed by atoms with van der Waals surface area (Å²) in [7, 11) is 0. The smallest absolute Gasteiger partial charge is 0.223 e. The monoisotopic (exact) mass is 351 g/mol. The van der Waals surface area contributed by atoms with Crippen molar-refractivity contribution in [2.45, 2.75) is 38.7 Å². The Labute approximate surface area is 132 Å². The zero-order valence-electron chi connectivity index (χ0n) is 12.0. The molecule has 2 aliphatic rings. The highest BCUT2D eigenvalue weighted by atomic mass is 79.9. The number of hydrogen-bond donors (Lipinski definition) is 0. The third kappa shape index (κ3) is 2.77. The zero-order valence-corrected chi connectivity index (χ0v) is 13.6. The average molecular weight is 352 g/mol. The first-order valence-corrected chi connectivity index (χ1v) is 8.13. The van der Waals surface area contributed by atoms with Gasteiger partial charge in [0.05, 0.1) is 0 Å². The molecule has 1 aromatic carbocycles. The molecule has 5 heteroatoms. The summed E-state index contributed by atoms with van der Waals surface area (Å²) in [6.45, 7) is 2.90. The van der Waals surface area contributed by atoms with Gasteiger partial charge < -0.3 is 9.64 Å². The Morgan fingerprint density at radius 1 is 1.33 bits per heavy atom. The molecule has 1 fully saturated rings. The molecule has 0 bridgehead atoms. The summed E-state index contributed by atoms with van der Waals surface area (Å²) in [4.78, 5) is 26.1. The summed E-state index contributed by atoms with van der Waals surface area (Å²) in [6, 6.07) is 3.81. The number of hydrogen-bond acceptors (Lipinski definition) is 3. The van der Waals surface area contributed by atoms with Crippen LogP contribution in [0.15, 0.2) is 16.6 Å². The van der Waals surface area contributed by atoms with Crippen LogP contribution in [-0.2, 0) is 16.0 Å². The summed E-state index contributed by atoms with van der Waals surface area (Å²) < 4.78 is 6.39. The number of amides is 1. The molecule has 1 aromatic rings. The molecule has 3 rings (SSSR count). The van der Waals surface area contributed by atoms with E-state index in [9.17, 15) is 9.59 Å². The molecule has 0 aromatic heterocycles. The molecule has 0 saturated carbocycles. The molecule has 0 spiro atoms. The predicted molar refractivity (Wildman–Crippen MR) is 83.8 cm³/mol. The molecule has 0 radical (unpaired) electrons. The maximum absolute atomic E-state index is 12.6. The summed E-state index contributed by atoms with van der Waals surface area (Å²) in [5, 5.41) is 0. The molecular formula is C16H18BrNO3. The Balaban J connectivity index is 1.94. The number of carbonyl (C=O) groups excluding carboxylic acids is 2. The molecular weight excluding hydrogens is 334 g/mol. The maximum Gasteiger partial charge on any atom is 0.223 e. The van der Waals surface area contributed by atoms with Gasteiger partial charge in [0.2, 0.25) is 5.91 Å². The van der Waals surface area contributed by atoms with Crippen LogP contribution < -0.4 is 4.90 Å². The highest BCUT2D eigenvalue weighted by molar-refractivity contribution is 9.10. The van der Waals surface area contributed by atoms with Crippen molar-refractivity contribution in [1.82, 2.24) is 0 Å². The van der Waals surface area contributed by atoms with E-state index in [1.807, 2.05) is 12.1 Å². The van der Waals surface area contributed by atoms with E-state index in [0.717, 1.165) is 41.4 Å². The van der Waals surface area contributed by atoms with Crippen molar-refractivity contribution in [2.75, 3.05) is 18.1 Å². The Hall–Kier alpha value is -1.20. The van der Waals surface area contributed by atoms with Crippen molar-refractivity contribution in [3.63, 3.8) is 0 Å². The number of nitrogens with zero attached hydrogens (tertiary/aromatic N) is 1. The predicted octanol–water partition coefficient (Wildman–Crippen LogP) is 3.11. The Morgan fingerprint density at radius 3 is 2.81 bits per heavy atom. The van der Waals surface area contributed by atoms with Crippen molar-refractivity contribution in [3.05, 3.63) is 27.7 Å². The summed E-state index contributed by atoms with van der Waals surface area (Å²) in [5.41, 5.74) is 2.59. The molecule has 21 heavy (non-hydrogen) atoms. The molecule has 4 nitrogen and oxygen atoms in total. The Bertz CT molecular complexity index is 593.